The second-order valence-corrected chi connectivity index (χ2v) is 4.95. The zero-order valence-electron chi connectivity index (χ0n) is 10.2. The zero-order valence-corrected chi connectivity index (χ0v) is 10.2. The maximum Gasteiger partial charge on any atom is 0.269 e. The number of nitrogens with zero attached hydrogens (tertiary/aromatic N) is 2. The third-order valence-electron chi connectivity index (χ3n) is 3.95. The van der Waals surface area contributed by atoms with Crippen molar-refractivity contribution in [3.05, 3.63) is 40.8 Å². The average Bonchev–Trinajstić information content (AvgIpc) is 2.86. The summed E-state index contributed by atoms with van der Waals surface area (Å²) >= 11 is 0. The Labute approximate surface area is 105 Å². The molecule has 2 atom stereocenters. The minimum absolute atomic E-state index is 0.0148. The van der Waals surface area contributed by atoms with Crippen LogP contribution in [-0.4, -0.2) is 16.1 Å². The highest BCUT2D eigenvalue weighted by molar-refractivity contribution is 5.74. The Morgan fingerprint density at radius 3 is 3.00 bits per heavy atom. The van der Waals surface area contributed by atoms with Crippen LogP contribution in [0.5, 0.6) is 0 Å². The van der Waals surface area contributed by atoms with Crippen LogP contribution in [0.2, 0.25) is 0 Å². The largest absolute Gasteiger partial charge is 0.330 e. The molecule has 18 heavy (non-hydrogen) atoms. The molecule has 2 N–H and O–H groups in total. The molecule has 1 heterocycles. The van der Waals surface area contributed by atoms with Gasteiger partial charge in [0.1, 0.15) is 0 Å². The lowest BCUT2D eigenvalue weighted by Gasteiger charge is -2.22. The molecule has 4 nitrogen and oxygen atoms in total. The molecule has 0 bridgehead atoms. The van der Waals surface area contributed by atoms with Crippen molar-refractivity contribution in [2.75, 3.05) is 6.54 Å². The van der Waals surface area contributed by atoms with Crippen molar-refractivity contribution < 1.29 is 0 Å². The monoisotopic (exact) mass is 243 g/mol. The number of benzene rings is 1. The topological polar surface area (TPSA) is 60.9 Å². The van der Waals surface area contributed by atoms with Crippen molar-refractivity contribution in [2.24, 2.45) is 11.7 Å². The van der Waals surface area contributed by atoms with Gasteiger partial charge in [-0.05, 0) is 37.4 Å². The van der Waals surface area contributed by atoms with Crippen LogP contribution in [-0.2, 0) is 0 Å². The van der Waals surface area contributed by atoms with E-state index in [2.05, 4.69) is 4.98 Å². The minimum atomic E-state index is -0.0148. The number of para-hydroxylation sites is 2. The highest BCUT2D eigenvalue weighted by atomic mass is 16.1. The molecule has 1 aromatic carbocycles. The van der Waals surface area contributed by atoms with Crippen LogP contribution < -0.4 is 11.3 Å². The van der Waals surface area contributed by atoms with E-state index in [1.807, 2.05) is 28.8 Å². The van der Waals surface area contributed by atoms with Crippen molar-refractivity contribution in [1.82, 2.24) is 9.55 Å². The summed E-state index contributed by atoms with van der Waals surface area (Å²) in [7, 11) is 0. The van der Waals surface area contributed by atoms with Crippen LogP contribution in [0.15, 0.2) is 35.3 Å². The fourth-order valence-corrected chi connectivity index (χ4v) is 3.06. The predicted octanol–water partition coefficient (Wildman–Crippen LogP) is 1.70. The first-order chi connectivity index (χ1) is 8.81. The van der Waals surface area contributed by atoms with Gasteiger partial charge in [-0.3, -0.25) is 4.79 Å². The molecular weight excluding hydrogens is 226 g/mol. The summed E-state index contributed by atoms with van der Waals surface area (Å²) in [5.74, 6) is 0.411. The van der Waals surface area contributed by atoms with Gasteiger partial charge in [0.25, 0.3) is 5.56 Å². The normalized spacial score (nSPS) is 23.6. The Balaban J connectivity index is 2.21. The maximum absolute atomic E-state index is 12.1. The lowest BCUT2D eigenvalue weighted by Crippen LogP contribution is -2.30. The van der Waals surface area contributed by atoms with E-state index in [9.17, 15) is 4.79 Å². The fourth-order valence-electron chi connectivity index (χ4n) is 3.06. The summed E-state index contributed by atoms with van der Waals surface area (Å²) < 4.78 is 1.90. The van der Waals surface area contributed by atoms with Crippen LogP contribution >= 0.6 is 0 Å². The van der Waals surface area contributed by atoms with Crippen molar-refractivity contribution in [2.45, 2.75) is 25.3 Å². The van der Waals surface area contributed by atoms with E-state index in [4.69, 9.17) is 5.73 Å². The quantitative estimate of drug-likeness (QED) is 0.873. The standard InChI is InChI=1S/C14H17N3O/c15-8-10-4-3-7-12(10)17-13-6-2-1-5-11(13)16-9-14(17)18/h1-2,5-6,9-10,12H,3-4,7-8,15H2. The summed E-state index contributed by atoms with van der Waals surface area (Å²) in [6.45, 7) is 0.647. The summed E-state index contributed by atoms with van der Waals surface area (Å²) in [5, 5.41) is 0. The van der Waals surface area contributed by atoms with E-state index >= 15 is 0 Å². The molecule has 1 aromatic heterocycles. The summed E-state index contributed by atoms with van der Waals surface area (Å²) in [6, 6.07) is 8.04. The van der Waals surface area contributed by atoms with Gasteiger partial charge in [-0.25, -0.2) is 4.98 Å². The summed E-state index contributed by atoms with van der Waals surface area (Å²) in [6.07, 6.45) is 4.73. The predicted molar refractivity (Wildman–Crippen MR) is 71.4 cm³/mol. The van der Waals surface area contributed by atoms with Crippen LogP contribution in [0, 0.1) is 5.92 Å². The van der Waals surface area contributed by atoms with Crippen LogP contribution in [0.1, 0.15) is 25.3 Å². The Morgan fingerprint density at radius 2 is 2.17 bits per heavy atom. The lowest BCUT2D eigenvalue weighted by atomic mass is 10.0. The number of hydrogen-bond acceptors (Lipinski definition) is 3. The van der Waals surface area contributed by atoms with E-state index in [0.29, 0.717) is 12.5 Å². The number of aromatic nitrogens is 2. The molecular formula is C14H17N3O. The third-order valence-corrected chi connectivity index (χ3v) is 3.95. The summed E-state index contributed by atoms with van der Waals surface area (Å²) in [5.41, 5.74) is 7.61. The zero-order chi connectivity index (χ0) is 12.5. The van der Waals surface area contributed by atoms with Gasteiger partial charge in [0.2, 0.25) is 0 Å². The van der Waals surface area contributed by atoms with E-state index in [-0.39, 0.29) is 11.6 Å². The number of hydrogen-bond donors (Lipinski definition) is 1. The van der Waals surface area contributed by atoms with Crippen molar-refractivity contribution in [1.29, 1.82) is 0 Å². The lowest BCUT2D eigenvalue weighted by molar-refractivity contribution is 0.388. The van der Waals surface area contributed by atoms with Gasteiger partial charge >= 0.3 is 0 Å². The van der Waals surface area contributed by atoms with E-state index < -0.39 is 0 Å². The number of fused-ring (bicyclic) bond motifs is 1. The third kappa shape index (κ3) is 1.73. The van der Waals surface area contributed by atoms with Gasteiger partial charge in [-0.15, -0.1) is 0 Å². The molecule has 1 saturated carbocycles. The molecule has 0 aliphatic heterocycles. The van der Waals surface area contributed by atoms with Gasteiger partial charge in [-0.1, -0.05) is 18.6 Å². The minimum Gasteiger partial charge on any atom is -0.330 e. The molecule has 0 saturated heterocycles. The molecule has 3 rings (SSSR count). The molecule has 2 unspecified atom stereocenters. The molecule has 4 heteroatoms. The highest BCUT2D eigenvalue weighted by Gasteiger charge is 2.29. The average molecular weight is 243 g/mol. The first kappa shape index (κ1) is 11.4. The number of rotatable bonds is 2. The molecule has 0 radical (unpaired) electrons. The van der Waals surface area contributed by atoms with Crippen LogP contribution in [0.3, 0.4) is 0 Å². The molecule has 0 amide bonds. The molecule has 2 aromatic rings. The molecule has 94 valence electrons. The van der Waals surface area contributed by atoms with E-state index in [1.54, 1.807) is 0 Å². The first-order valence-electron chi connectivity index (χ1n) is 6.47. The first-order valence-corrected chi connectivity index (χ1v) is 6.47. The van der Waals surface area contributed by atoms with E-state index in [1.165, 1.54) is 6.20 Å². The molecule has 1 fully saturated rings. The number of nitrogens with two attached hydrogens (primary N) is 1. The maximum atomic E-state index is 12.1. The smallest absolute Gasteiger partial charge is 0.269 e. The van der Waals surface area contributed by atoms with Gasteiger partial charge in [0.05, 0.1) is 17.2 Å². The Bertz CT molecular complexity index is 620. The van der Waals surface area contributed by atoms with Gasteiger partial charge in [-0.2, -0.15) is 0 Å². The van der Waals surface area contributed by atoms with Gasteiger partial charge in [0.15, 0.2) is 0 Å². The second kappa shape index (κ2) is 4.53. The van der Waals surface area contributed by atoms with Crippen molar-refractivity contribution in [3.8, 4) is 0 Å². The summed E-state index contributed by atoms with van der Waals surface area (Å²) in [4.78, 5) is 16.3. The Hall–Kier alpha value is -1.68. The van der Waals surface area contributed by atoms with E-state index in [0.717, 1.165) is 30.3 Å². The molecule has 1 aliphatic rings. The van der Waals surface area contributed by atoms with Gasteiger partial charge < -0.3 is 10.3 Å². The molecule has 0 spiro atoms. The fraction of sp³-hybridized carbons (Fsp3) is 0.429. The van der Waals surface area contributed by atoms with Gasteiger partial charge in [0, 0.05) is 6.04 Å². The SMILES string of the molecule is NCC1CCCC1n1c(=O)cnc2ccccc21. The Kier molecular flexibility index (Phi) is 2.88. The van der Waals surface area contributed by atoms with Crippen LogP contribution in [0.25, 0.3) is 11.0 Å². The van der Waals surface area contributed by atoms with Crippen molar-refractivity contribution >= 4 is 11.0 Å². The van der Waals surface area contributed by atoms with Crippen molar-refractivity contribution in [3.63, 3.8) is 0 Å². The second-order valence-electron chi connectivity index (χ2n) is 4.95. The highest BCUT2D eigenvalue weighted by Crippen LogP contribution is 2.35. The Morgan fingerprint density at radius 1 is 1.33 bits per heavy atom. The van der Waals surface area contributed by atoms with Crippen LogP contribution in [0.4, 0.5) is 0 Å². The molecule has 1 aliphatic carbocycles.